The fraction of sp³-hybridized carbons (Fsp3) is 0.897. The number of likely N-dealkylation sites (N-methyl/N-ethyl adjacent to an activating group) is 1. The van der Waals surface area contributed by atoms with Crippen LogP contribution in [0.3, 0.4) is 0 Å². The van der Waals surface area contributed by atoms with E-state index in [1.165, 1.54) is 83.5 Å². The summed E-state index contributed by atoms with van der Waals surface area (Å²) in [6, 6.07) is 0. The molecule has 10 heteroatoms. The maximum Gasteiger partial charge on any atom is 0.320 e. The molecule has 0 aromatic heterocycles. The zero-order valence-electron chi connectivity index (χ0n) is 32.0. The number of unbranched alkanes of at least 4 members (excludes halogenated alkanes) is 18. The highest BCUT2D eigenvalue weighted by molar-refractivity contribution is 5.72. The molecule has 1 heterocycles. The van der Waals surface area contributed by atoms with Crippen LogP contribution in [0.1, 0.15) is 181 Å². The summed E-state index contributed by atoms with van der Waals surface area (Å²) in [5, 5.41) is 8.35. The highest BCUT2D eigenvalue weighted by atomic mass is 16.7. The summed E-state index contributed by atoms with van der Waals surface area (Å²) >= 11 is 0. The second-order valence-corrected chi connectivity index (χ2v) is 13.8. The van der Waals surface area contributed by atoms with Crippen LogP contribution in [0.4, 0.5) is 0 Å². The fourth-order valence-electron chi connectivity index (χ4n) is 5.62. The van der Waals surface area contributed by atoms with Gasteiger partial charge in [-0.05, 0) is 33.4 Å². The van der Waals surface area contributed by atoms with Crippen LogP contribution in [-0.2, 0) is 38.1 Å². The number of hydrogen-bond acceptors (Lipinski definition) is 9. The third-order valence-corrected chi connectivity index (χ3v) is 8.53. The third-order valence-electron chi connectivity index (χ3n) is 8.53. The van der Waals surface area contributed by atoms with Gasteiger partial charge >= 0.3 is 23.9 Å². The van der Waals surface area contributed by atoms with Crippen LogP contribution in [0, 0.1) is 0 Å². The molecule has 0 aromatic rings. The normalized spacial score (nSPS) is 17.0. The molecule has 0 bridgehead atoms. The zero-order valence-corrected chi connectivity index (χ0v) is 32.0. The predicted octanol–water partition coefficient (Wildman–Crippen LogP) is 9.15. The Morgan fingerprint density at radius 1 is 0.592 bits per heavy atom. The number of esters is 3. The molecule has 0 unspecified atom stereocenters. The van der Waals surface area contributed by atoms with Gasteiger partial charge < -0.3 is 24.1 Å². The van der Waals surface area contributed by atoms with Gasteiger partial charge in [0, 0.05) is 19.3 Å². The Balaban J connectivity index is 0.00000162. The number of carboxylic acid groups (broad SMARTS) is 1. The van der Waals surface area contributed by atoms with E-state index in [1.807, 2.05) is 0 Å². The Kier molecular flexibility index (Phi) is 31.5. The molecule has 0 spiro atoms. The van der Waals surface area contributed by atoms with Crippen molar-refractivity contribution in [2.24, 2.45) is 0 Å². The topological polar surface area (TPSA) is 129 Å². The number of carbonyl (C=O) groups excluding carboxylic acids is 3. The van der Waals surface area contributed by atoms with Gasteiger partial charge in [-0.25, -0.2) is 0 Å². The Bertz CT molecular complexity index is 835. The molecule has 0 aliphatic carbocycles. The molecule has 1 rings (SSSR count). The molecule has 10 nitrogen and oxygen atoms in total. The highest BCUT2D eigenvalue weighted by Gasteiger charge is 2.40. The summed E-state index contributed by atoms with van der Waals surface area (Å²) < 4.78 is 22.4. The lowest BCUT2D eigenvalue weighted by atomic mass is 10.1. The number of aliphatic carboxylic acids is 1. The van der Waals surface area contributed by atoms with Crippen molar-refractivity contribution in [3.63, 3.8) is 0 Å². The van der Waals surface area contributed by atoms with Gasteiger partial charge in [-0.2, -0.15) is 0 Å². The van der Waals surface area contributed by atoms with Crippen LogP contribution in [0.15, 0.2) is 0 Å². The van der Waals surface area contributed by atoms with E-state index in [2.05, 4.69) is 20.8 Å². The Morgan fingerprint density at radius 2 is 1.00 bits per heavy atom. The molecule has 1 saturated heterocycles. The van der Waals surface area contributed by atoms with Crippen LogP contribution in [0.5, 0.6) is 0 Å². The van der Waals surface area contributed by atoms with Crippen molar-refractivity contribution >= 4 is 23.9 Å². The first kappa shape index (κ1) is 46.8. The van der Waals surface area contributed by atoms with Crippen LogP contribution in [0.2, 0.25) is 0 Å². The first-order valence-electron chi connectivity index (χ1n) is 19.7. The van der Waals surface area contributed by atoms with E-state index in [4.69, 9.17) is 24.1 Å². The minimum absolute atomic E-state index is 0.0478. The standard InChI is InChI=1S/C29H53NO7.C10H20O2/c1-5-7-9-11-13-15-17-19-26(31)35-24-21-29(36-25(24)23-34-28(33)22-30(3)4)37-27(32)20-18-16-14-12-10-8-6-2;1-2-3-4-5-6-7-8-9-10(11)12/h24-25,29H,5-23H2,1-4H3;2-9H2,1H3,(H,11,12)/t24-,25-,29+;/m1./s1. The number of nitrogens with zero attached hydrogens (tertiary/aromatic N) is 1. The van der Waals surface area contributed by atoms with Crippen molar-refractivity contribution in [1.29, 1.82) is 0 Å². The third kappa shape index (κ3) is 30.4. The number of ether oxygens (including phenoxy) is 4. The average molecular weight is 700 g/mol. The summed E-state index contributed by atoms with van der Waals surface area (Å²) in [6.45, 7) is 6.69. The molecule has 1 aliphatic heterocycles. The van der Waals surface area contributed by atoms with Crippen molar-refractivity contribution in [1.82, 2.24) is 4.90 Å². The molecular weight excluding hydrogens is 626 g/mol. The van der Waals surface area contributed by atoms with Gasteiger partial charge in [-0.1, -0.05) is 136 Å². The van der Waals surface area contributed by atoms with Gasteiger partial charge in [0.1, 0.15) is 18.8 Å². The van der Waals surface area contributed by atoms with Crippen LogP contribution >= 0.6 is 0 Å². The highest BCUT2D eigenvalue weighted by Crippen LogP contribution is 2.26. The molecular formula is C39H73NO9. The van der Waals surface area contributed by atoms with Gasteiger partial charge in [-0.3, -0.25) is 24.1 Å². The summed E-state index contributed by atoms with van der Waals surface area (Å²) in [5.74, 6) is -1.65. The number of rotatable bonds is 30. The quantitative estimate of drug-likeness (QED) is 0.0440. The molecule has 288 valence electrons. The van der Waals surface area contributed by atoms with Gasteiger partial charge in [0.2, 0.25) is 6.29 Å². The van der Waals surface area contributed by atoms with Gasteiger partial charge in [0.05, 0.1) is 13.0 Å². The van der Waals surface area contributed by atoms with Crippen LogP contribution in [-0.4, -0.2) is 79.6 Å². The Labute approximate surface area is 298 Å². The minimum atomic E-state index is -0.800. The van der Waals surface area contributed by atoms with Crippen LogP contribution in [0.25, 0.3) is 0 Å². The summed E-state index contributed by atoms with van der Waals surface area (Å²) in [5.41, 5.74) is 0. The second kappa shape index (κ2) is 33.0. The Hall–Kier alpha value is -2.20. The average Bonchev–Trinajstić information content (AvgIpc) is 3.42. The van der Waals surface area contributed by atoms with Crippen molar-refractivity contribution in [2.75, 3.05) is 27.2 Å². The molecule has 1 aliphatic rings. The summed E-state index contributed by atoms with van der Waals surface area (Å²) in [4.78, 5) is 48.6. The monoisotopic (exact) mass is 700 g/mol. The lowest BCUT2D eigenvalue weighted by molar-refractivity contribution is -0.182. The minimum Gasteiger partial charge on any atom is -0.481 e. The smallest absolute Gasteiger partial charge is 0.320 e. The molecule has 1 fully saturated rings. The maximum absolute atomic E-state index is 12.5. The predicted molar refractivity (Wildman–Crippen MR) is 194 cm³/mol. The zero-order chi connectivity index (χ0) is 36.5. The molecule has 1 N–H and O–H groups in total. The van der Waals surface area contributed by atoms with Crippen molar-refractivity contribution in [3.05, 3.63) is 0 Å². The Morgan fingerprint density at radius 3 is 1.43 bits per heavy atom. The van der Waals surface area contributed by atoms with Gasteiger partial charge in [0.15, 0.2) is 0 Å². The number of hydrogen-bond donors (Lipinski definition) is 1. The molecule has 0 saturated carbocycles. The molecule has 0 amide bonds. The van der Waals surface area contributed by atoms with Crippen molar-refractivity contribution in [3.8, 4) is 0 Å². The second-order valence-electron chi connectivity index (χ2n) is 13.8. The van der Waals surface area contributed by atoms with E-state index in [1.54, 1.807) is 19.0 Å². The molecule has 0 aromatic carbocycles. The van der Waals surface area contributed by atoms with Crippen molar-refractivity contribution in [2.45, 2.75) is 200 Å². The largest absolute Gasteiger partial charge is 0.481 e. The van der Waals surface area contributed by atoms with E-state index in [0.29, 0.717) is 19.3 Å². The van der Waals surface area contributed by atoms with E-state index in [0.717, 1.165) is 51.4 Å². The van der Waals surface area contributed by atoms with Crippen LogP contribution < -0.4 is 0 Å². The van der Waals surface area contributed by atoms with Gasteiger partial charge in [-0.15, -0.1) is 0 Å². The lowest BCUT2D eigenvalue weighted by Gasteiger charge is -2.19. The molecule has 0 radical (unpaired) electrons. The fourth-order valence-corrected chi connectivity index (χ4v) is 5.62. The number of carboxylic acids is 1. The first-order valence-corrected chi connectivity index (χ1v) is 19.7. The summed E-state index contributed by atoms with van der Waals surface area (Å²) in [6.07, 6.45) is 23.2. The van der Waals surface area contributed by atoms with E-state index >= 15 is 0 Å². The maximum atomic E-state index is 12.5. The van der Waals surface area contributed by atoms with E-state index < -0.39 is 24.5 Å². The van der Waals surface area contributed by atoms with E-state index in [9.17, 15) is 19.2 Å². The van der Waals surface area contributed by atoms with E-state index in [-0.39, 0.29) is 37.5 Å². The van der Waals surface area contributed by atoms with Crippen molar-refractivity contribution < 1.29 is 43.2 Å². The first-order chi connectivity index (χ1) is 23.6. The SMILES string of the molecule is CCCCCCCCCC(=O)O.CCCCCCCCCC(=O)O[C@H]1C[C@@H](OC(=O)CCCCCCCCC)[C@@H](COC(=O)CN(C)C)O1. The molecule has 49 heavy (non-hydrogen) atoms. The molecule has 3 atom stereocenters. The van der Waals surface area contributed by atoms with Gasteiger partial charge in [0.25, 0.3) is 0 Å². The lowest BCUT2D eigenvalue weighted by Crippen LogP contribution is -2.34. The number of carbonyl (C=O) groups is 4. The summed E-state index contributed by atoms with van der Waals surface area (Å²) in [7, 11) is 3.56.